The van der Waals surface area contributed by atoms with Crippen LogP contribution in [0, 0.1) is 0 Å². The summed E-state index contributed by atoms with van der Waals surface area (Å²) in [6, 6.07) is 8.64. The zero-order valence-electron chi connectivity index (χ0n) is 13.7. The van der Waals surface area contributed by atoms with Crippen molar-refractivity contribution in [3.05, 3.63) is 42.4 Å². The number of nitrogens with zero attached hydrogens (tertiary/aromatic N) is 3. The molecule has 3 aromatic rings. The summed E-state index contributed by atoms with van der Waals surface area (Å²) in [6.07, 6.45) is 5.60. The first-order valence-electron chi connectivity index (χ1n) is 8.65. The number of anilines is 1. The van der Waals surface area contributed by atoms with Gasteiger partial charge in [-0.15, -0.1) is 0 Å². The number of nitrogens with one attached hydrogen (secondary N) is 2. The fourth-order valence-corrected chi connectivity index (χ4v) is 4.18. The number of fused-ring (bicyclic) bond motifs is 1. The van der Waals surface area contributed by atoms with Crippen LogP contribution in [0.2, 0.25) is 0 Å². The smallest absolute Gasteiger partial charge is 0.236 e. The average Bonchev–Trinajstić information content (AvgIpc) is 2.95. The van der Waals surface area contributed by atoms with E-state index in [2.05, 4.69) is 37.7 Å². The lowest BCUT2D eigenvalue weighted by atomic mass is 9.89. The van der Waals surface area contributed by atoms with Gasteiger partial charge in [0.1, 0.15) is 11.8 Å². The molecule has 1 aliphatic carbocycles. The zero-order chi connectivity index (χ0) is 16.6. The first-order chi connectivity index (χ1) is 12.3. The molecule has 1 saturated heterocycles. The lowest BCUT2D eigenvalue weighted by Crippen LogP contribution is -2.44. The number of para-hydroxylation sites is 1. The van der Waals surface area contributed by atoms with Gasteiger partial charge in [-0.05, 0) is 12.1 Å². The Morgan fingerprint density at radius 1 is 1.12 bits per heavy atom. The molecule has 1 aromatic carbocycles. The van der Waals surface area contributed by atoms with Crippen molar-refractivity contribution in [2.75, 3.05) is 18.4 Å². The molecule has 6 nitrogen and oxygen atoms in total. The van der Waals surface area contributed by atoms with Crippen molar-refractivity contribution in [1.29, 1.82) is 0 Å². The molecule has 0 atom stereocenters. The highest BCUT2D eigenvalue weighted by Crippen LogP contribution is 2.33. The van der Waals surface area contributed by atoms with E-state index >= 15 is 0 Å². The van der Waals surface area contributed by atoms with Crippen molar-refractivity contribution in [3.8, 4) is 5.88 Å². The van der Waals surface area contributed by atoms with E-state index < -0.39 is 0 Å². The highest BCUT2D eigenvalue weighted by atomic mass is 32.1. The molecule has 2 fully saturated rings. The van der Waals surface area contributed by atoms with Gasteiger partial charge in [-0.3, -0.25) is 4.98 Å². The summed E-state index contributed by atoms with van der Waals surface area (Å²) in [4.78, 5) is 13.5. The molecule has 0 unspecified atom stereocenters. The van der Waals surface area contributed by atoms with Crippen LogP contribution in [-0.2, 0) is 0 Å². The van der Waals surface area contributed by atoms with E-state index in [-0.39, 0.29) is 6.10 Å². The van der Waals surface area contributed by atoms with Crippen molar-refractivity contribution in [3.63, 3.8) is 0 Å². The van der Waals surface area contributed by atoms with Crippen molar-refractivity contribution in [2.24, 2.45) is 0 Å². The third-order valence-electron chi connectivity index (χ3n) is 4.85. The van der Waals surface area contributed by atoms with Crippen molar-refractivity contribution in [1.82, 2.24) is 20.3 Å². The molecule has 2 N–H and O–H groups in total. The van der Waals surface area contributed by atoms with E-state index in [1.165, 1.54) is 4.70 Å². The molecule has 0 radical (unpaired) electrons. The molecule has 128 valence electrons. The van der Waals surface area contributed by atoms with Gasteiger partial charge in [-0.25, -0.2) is 9.97 Å². The van der Waals surface area contributed by atoms with Gasteiger partial charge in [0.2, 0.25) is 5.88 Å². The van der Waals surface area contributed by atoms with Crippen LogP contribution in [0.1, 0.15) is 24.5 Å². The second-order valence-corrected chi connectivity index (χ2v) is 7.67. The predicted octanol–water partition coefficient (Wildman–Crippen LogP) is 2.79. The number of rotatable bonds is 5. The molecule has 1 aliphatic heterocycles. The maximum Gasteiger partial charge on any atom is 0.236 e. The number of aromatic nitrogens is 3. The molecular formula is C18H19N5OS. The van der Waals surface area contributed by atoms with E-state index in [1.807, 2.05) is 12.1 Å². The van der Waals surface area contributed by atoms with Gasteiger partial charge in [-0.1, -0.05) is 23.5 Å². The number of benzene rings is 1. The van der Waals surface area contributed by atoms with Gasteiger partial charge in [0.25, 0.3) is 0 Å². The minimum Gasteiger partial charge on any atom is -0.473 e. The minimum atomic E-state index is 0.204. The molecule has 1 saturated carbocycles. The normalized spacial score (nSPS) is 23.0. The molecule has 2 aromatic heterocycles. The van der Waals surface area contributed by atoms with Crippen molar-refractivity contribution < 1.29 is 4.74 Å². The van der Waals surface area contributed by atoms with Crippen LogP contribution in [0.25, 0.3) is 10.2 Å². The standard InChI is InChI=1S/C18H19N5OS/c1-2-4-15-14(3-1)23-18(25-15)22-12-7-13(8-12)24-17-16(11-9-19-10-11)20-5-6-21-17/h1-6,11-13,19H,7-10H2,(H,22,23)/t12-,13+. The summed E-state index contributed by atoms with van der Waals surface area (Å²) >= 11 is 1.70. The van der Waals surface area contributed by atoms with Crippen LogP contribution in [0.3, 0.4) is 0 Å². The highest BCUT2D eigenvalue weighted by molar-refractivity contribution is 7.22. The Bertz CT molecular complexity index is 855. The molecule has 0 bridgehead atoms. The quantitative estimate of drug-likeness (QED) is 0.735. The van der Waals surface area contributed by atoms with Crippen molar-refractivity contribution >= 4 is 26.7 Å². The third-order valence-corrected chi connectivity index (χ3v) is 5.82. The summed E-state index contributed by atoms with van der Waals surface area (Å²) in [5.41, 5.74) is 2.05. The second-order valence-electron chi connectivity index (χ2n) is 6.64. The maximum absolute atomic E-state index is 6.11. The Balaban J connectivity index is 1.20. The fourth-order valence-electron chi connectivity index (χ4n) is 3.24. The minimum absolute atomic E-state index is 0.204. The zero-order valence-corrected chi connectivity index (χ0v) is 14.5. The van der Waals surface area contributed by atoms with Gasteiger partial charge >= 0.3 is 0 Å². The number of ether oxygens (including phenoxy) is 1. The molecule has 2 aliphatic rings. The molecule has 3 heterocycles. The number of hydrogen-bond acceptors (Lipinski definition) is 7. The van der Waals surface area contributed by atoms with E-state index in [0.717, 1.165) is 42.3 Å². The summed E-state index contributed by atoms with van der Waals surface area (Å²) in [6.45, 7) is 1.92. The van der Waals surface area contributed by atoms with Crippen LogP contribution < -0.4 is 15.4 Å². The SMILES string of the molecule is c1ccc2sc(N[C@H]3C[C@@H](Oc4nccnc4C4CNC4)C3)nc2c1. The predicted molar refractivity (Wildman–Crippen MR) is 98.3 cm³/mol. The fraction of sp³-hybridized carbons (Fsp3) is 0.389. The van der Waals surface area contributed by atoms with E-state index in [9.17, 15) is 0 Å². The largest absolute Gasteiger partial charge is 0.473 e. The first kappa shape index (κ1) is 15.0. The Labute approximate surface area is 149 Å². The lowest BCUT2D eigenvalue weighted by molar-refractivity contribution is 0.0996. The first-order valence-corrected chi connectivity index (χ1v) is 9.47. The van der Waals surface area contributed by atoms with Gasteiger partial charge in [0.05, 0.1) is 10.2 Å². The molecule has 0 spiro atoms. The number of thiazole rings is 1. The molecule has 5 rings (SSSR count). The van der Waals surface area contributed by atoms with Gasteiger partial charge in [0.15, 0.2) is 5.13 Å². The van der Waals surface area contributed by atoms with Crippen LogP contribution in [-0.4, -0.2) is 40.2 Å². The van der Waals surface area contributed by atoms with Gasteiger partial charge in [0, 0.05) is 50.3 Å². The summed E-state index contributed by atoms with van der Waals surface area (Å²) in [5, 5.41) is 7.79. The van der Waals surface area contributed by atoms with E-state index in [1.54, 1.807) is 23.7 Å². The van der Waals surface area contributed by atoms with Crippen LogP contribution in [0.5, 0.6) is 5.88 Å². The molecule has 7 heteroatoms. The Kier molecular flexibility index (Phi) is 3.75. The molecule has 25 heavy (non-hydrogen) atoms. The lowest BCUT2D eigenvalue weighted by Gasteiger charge is -2.36. The molecular weight excluding hydrogens is 334 g/mol. The second kappa shape index (κ2) is 6.24. The maximum atomic E-state index is 6.11. The Morgan fingerprint density at radius 2 is 1.96 bits per heavy atom. The van der Waals surface area contributed by atoms with Gasteiger partial charge < -0.3 is 15.4 Å². The Hall–Kier alpha value is -2.25. The Morgan fingerprint density at radius 3 is 2.76 bits per heavy atom. The number of hydrogen-bond donors (Lipinski definition) is 2. The van der Waals surface area contributed by atoms with E-state index in [0.29, 0.717) is 17.8 Å². The average molecular weight is 353 g/mol. The third kappa shape index (κ3) is 2.94. The van der Waals surface area contributed by atoms with Crippen LogP contribution in [0.15, 0.2) is 36.7 Å². The topological polar surface area (TPSA) is 72.0 Å². The van der Waals surface area contributed by atoms with Crippen LogP contribution >= 0.6 is 11.3 Å². The van der Waals surface area contributed by atoms with Crippen molar-refractivity contribution in [2.45, 2.75) is 30.9 Å². The van der Waals surface area contributed by atoms with Crippen LogP contribution in [0.4, 0.5) is 5.13 Å². The monoisotopic (exact) mass is 353 g/mol. The van der Waals surface area contributed by atoms with Gasteiger partial charge in [-0.2, -0.15) is 0 Å². The molecule has 0 amide bonds. The highest BCUT2D eigenvalue weighted by Gasteiger charge is 2.33. The summed E-state index contributed by atoms with van der Waals surface area (Å²) < 4.78 is 7.32. The van der Waals surface area contributed by atoms with E-state index in [4.69, 9.17) is 4.74 Å². The summed E-state index contributed by atoms with van der Waals surface area (Å²) in [5.74, 6) is 1.14. The summed E-state index contributed by atoms with van der Waals surface area (Å²) in [7, 11) is 0.